The molecule has 0 bridgehead atoms. The molecule has 96 valence electrons. The van der Waals surface area contributed by atoms with Gasteiger partial charge in [-0.05, 0) is 12.1 Å². The van der Waals surface area contributed by atoms with E-state index in [0.29, 0.717) is 18.1 Å². The Morgan fingerprint density at radius 2 is 1.88 bits per heavy atom. The number of methoxy groups -OCH3 is 3. The number of hydrogen-bond donors (Lipinski definition) is 1. The maximum atomic E-state index is 10.2. The molecule has 0 fully saturated rings. The van der Waals surface area contributed by atoms with Crippen molar-refractivity contribution in [2.75, 3.05) is 27.9 Å². The van der Waals surface area contributed by atoms with Gasteiger partial charge in [0.25, 0.3) is 0 Å². The number of ether oxygens (including phenoxy) is 3. The third-order valence-corrected chi connectivity index (χ3v) is 2.73. The Morgan fingerprint density at radius 3 is 2.41 bits per heavy atom. The molecule has 4 nitrogen and oxygen atoms in total. The van der Waals surface area contributed by atoms with E-state index in [1.54, 1.807) is 33.5 Å². The van der Waals surface area contributed by atoms with Gasteiger partial charge in [-0.25, -0.2) is 0 Å². The fourth-order valence-electron chi connectivity index (χ4n) is 1.72. The predicted molar refractivity (Wildman–Crippen MR) is 65.5 cm³/mol. The van der Waals surface area contributed by atoms with Crippen LogP contribution in [0, 0.1) is 5.92 Å². The van der Waals surface area contributed by atoms with Crippen molar-refractivity contribution in [3.8, 4) is 11.5 Å². The number of rotatable bonds is 6. The summed E-state index contributed by atoms with van der Waals surface area (Å²) in [4.78, 5) is 0. The van der Waals surface area contributed by atoms with Crippen LogP contribution < -0.4 is 9.47 Å². The first-order valence-electron chi connectivity index (χ1n) is 5.53. The zero-order chi connectivity index (χ0) is 12.8. The van der Waals surface area contributed by atoms with Crippen LogP contribution >= 0.6 is 0 Å². The summed E-state index contributed by atoms with van der Waals surface area (Å²) in [7, 11) is 4.79. The van der Waals surface area contributed by atoms with Crippen LogP contribution in [0.15, 0.2) is 18.2 Å². The molecule has 0 aliphatic carbocycles. The molecule has 0 aliphatic heterocycles. The maximum absolute atomic E-state index is 10.2. The fourth-order valence-corrected chi connectivity index (χ4v) is 1.72. The molecule has 0 saturated carbocycles. The van der Waals surface area contributed by atoms with Crippen LogP contribution in [0.3, 0.4) is 0 Å². The Balaban J connectivity index is 2.96. The third-order valence-electron chi connectivity index (χ3n) is 2.73. The highest BCUT2D eigenvalue weighted by molar-refractivity contribution is 5.42. The summed E-state index contributed by atoms with van der Waals surface area (Å²) in [6.07, 6.45) is -0.615. The summed E-state index contributed by atoms with van der Waals surface area (Å²) in [6.45, 7) is 2.42. The SMILES string of the molecule is COCC(C)C(O)c1ccc(OC)cc1OC. The summed E-state index contributed by atoms with van der Waals surface area (Å²) in [5, 5.41) is 10.2. The molecule has 2 atom stereocenters. The minimum atomic E-state index is -0.615. The van der Waals surface area contributed by atoms with Crippen LogP contribution in [0.4, 0.5) is 0 Å². The minimum Gasteiger partial charge on any atom is -0.497 e. The molecule has 1 rings (SSSR count). The van der Waals surface area contributed by atoms with Crippen LogP contribution in [0.5, 0.6) is 11.5 Å². The number of hydrogen-bond acceptors (Lipinski definition) is 4. The number of aliphatic hydroxyl groups excluding tert-OH is 1. The highest BCUT2D eigenvalue weighted by atomic mass is 16.5. The molecule has 17 heavy (non-hydrogen) atoms. The molecule has 0 saturated heterocycles. The smallest absolute Gasteiger partial charge is 0.128 e. The summed E-state index contributed by atoms with van der Waals surface area (Å²) in [6, 6.07) is 5.38. The van der Waals surface area contributed by atoms with Crippen LogP contribution in [-0.2, 0) is 4.74 Å². The van der Waals surface area contributed by atoms with Gasteiger partial charge in [0.05, 0.1) is 26.9 Å². The van der Waals surface area contributed by atoms with Crippen LogP contribution in [-0.4, -0.2) is 33.0 Å². The highest BCUT2D eigenvalue weighted by Gasteiger charge is 2.20. The zero-order valence-corrected chi connectivity index (χ0v) is 10.8. The van der Waals surface area contributed by atoms with Crippen LogP contribution in [0.25, 0.3) is 0 Å². The second kappa shape index (κ2) is 6.47. The van der Waals surface area contributed by atoms with Gasteiger partial charge in [0, 0.05) is 24.7 Å². The van der Waals surface area contributed by atoms with E-state index in [9.17, 15) is 5.11 Å². The Morgan fingerprint density at radius 1 is 1.18 bits per heavy atom. The summed E-state index contributed by atoms with van der Waals surface area (Å²) < 4.78 is 15.4. The van der Waals surface area contributed by atoms with Crippen molar-refractivity contribution >= 4 is 0 Å². The van der Waals surface area contributed by atoms with E-state index in [2.05, 4.69) is 0 Å². The lowest BCUT2D eigenvalue weighted by atomic mass is 9.97. The molecule has 0 spiro atoms. The first kappa shape index (κ1) is 13.8. The van der Waals surface area contributed by atoms with Gasteiger partial charge in [-0.15, -0.1) is 0 Å². The van der Waals surface area contributed by atoms with Crippen molar-refractivity contribution in [1.29, 1.82) is 0 Å². The van der Waals surface area contributed by atoms with Crippen molar-refractivity contribution < 1.29 is 19.3 Å². The average Bonchev–Trinajstić information content (AvgIpc) is 2.37. The molecule has 1 aromatic rings. The second-order valence-electron chi connectivity index (χ2n) is 3.99. The van der Waals surface area contributed by atoms with Gasteiger partial charge in [-0.2, -0.15) is 0 Å². The molecule has 2 unspecified atom stereocenters. The topological polar surface area (TPSA) is 47.9 Å². The maximum Gasteiger partial charge on any atom is 0.128 e. The highest BCUT2D eigenvalue weighted by Crippen LogP contribution is 2.33. The van der Waals surface area contributed by atoms with Crippen LogP contribution in [0.1, 0.15) is 18.6 Å². The van der Waals surface area contributed by atoms with E-state index in [0.717, 1.165) is 5.56 Å². The standard InChI is InChI=1S/C13H20O4/c1-9(8-15-2)13(14)11-6-5-10(16-3)7-12(11)17-4/h5-7,9,13-14H,8H2,1-4H3. The second-order valence-corrected chi connectivity index (χ2v) is 3.99. The van der Waals surface area contributed by atoms with E-state index in [1.807, 2.05) is 13.0 Å². The van der Waals surface area contributed by atoms with E-state index in [-0.39, 0.29) is 5.92 Å². The number of aliphatic hydroxyl groups is 1. The lowest BCUT2D eigenvalue weighted by Gasteiger charge is -2.20. The van der Waals surface area contributed by atoms with Crippen molar-refractivity contribution in [2.45, 2.75) is 13.0 Å². The third kappa shape index (κ3) is 3.35. The zero-order valence-electron chi connectivity index (χ0n) is 10.8. The molecule has 4 heteroatoms. The molecule has 0 aromatic heterocycles. The minimum absolute atomic E-state index is 0.00212. The molecule has 0 amide bonds. The van der Waals surface area contributed by atoms with Crippen molar-refractivity contribution in [1.82, 2.24) is 0 Å². The lowest BCUT2D eigenvalue weighted by Crippen LogP contribution is -2.15. The molecule has 1 N–H and O–H groups in total. The Kier molecular flexibility index (Phi) is 5.25. The van der Waals surface area contributed by atoms with Crippen molar-refractivity contribution in [3.63, 3.8) is 0 Å². The lowest BCUT2D eigenvalue weighted by molar-refractivity contribution is 0.0551. The molecule has 1 aromatic carbocycles. The van der Waals surface area contributed by atoms with Gasteiger partial charge in [0.15, 0.2) is 0 Å². The van der Waals surface area contributed by atoms with Gasteiger partial charge >= 0.3 is 0 Å². The Labute approximate surface area is 102 Å². The molecule has 0 heterocycles. The largest absolute Gasteiger partial charge is 0.497 e. The van der Waals surface area contributed by atoms with Gasteiger partial charge in [0.1, 0.15) is 11.5 Å². The van der Waals surface area contributed by atoms with E-state index < -0.39 is 6.10 Å². The number of benzene rings is 1. The monoisotopic (exact) mass is 240 g/mol. The molecule has 0 radical (unpaired) electrons. The van der Waals surface area contributed by atoms with E-state index >= 15 is 0 Å². The quantitative estimate of drug-likeness (QED) is 0.826. The molecule has 0 aliphatic rings. The first-order chi connectivity index (χ1) is 8.13. The molecular formula is C13H20O4. The fraction of sp³-hybridized carbons (Fsp3) is 0.538. The molecular weight excluding hydrogens is 220 g/mol. The van der Waals surface area contributed by atoms with E-state index in [4.69, 9.17) is 14.2 Å². The van der Waals surface area contributed by atoms with Gasteiger partial charge in [-0.3, -0.25) is 0 Å². The average molecular weight is 240 g/mol. The van der Waals surface area contributed by atoms with Crippen molar-refractivity contribution in [2.24, 2.45) is 5.92 Å². The summed E-state index contributed by atoms with van der Waals surface area (Å²) in [5.41, 5.74) is 0.748. The van der Waals surface area contributed by atoms with Crippen molar-refractivity contribution in [3.05, 3.63) is 23.8 Å². The summed E-state index contributed by atoms with van der Waals surface area (Å²) in [5.74, 6) is 1.33. The van der Waals surface area contributed by atoms with Gasteiger partial charge < -0.3 is 19.3 Å². The predicted octanol–water partition coefficient (Wildman–Crippen LogP) is 2.02. The van der Waals surface area contributed by atoms with E-state index in [1.165, 1.54) is 0 Å². The van der Waals surface area contributed by atoms with Gasteiger partial charge in [-0.1, -0.05) is 6.92 Å². The Hall–Kier alpha value is -1.26. The summed E-state index contributed by atoms with van der Waals surface area (Å²) >= 11 is 0. The normalized spacial score (nSPS) is 14.2. The Bertz CT molecular complexity index is 351. The van der Waals surface area contributed by atoms with Gasteiger partial charge in [0.2, 0.25) is 0 Å². The van der Waals surface area contributed by atoms with Crippen LogP contribution in [0.2, 0.25) is 0 Å². The first-order valence-corrected chi connectivity index (χ1v) is 5.53.